The molecular formula is C15H24FNO3S. The van der Waals surface area contributed by atoms with Crippen molar-refractivity contribution in [3.63, 3.8) is 0 Å². The van der Waals surface area contributed by atoms with Crippen LogP contribution in [0.5, 0.6) is 0 Å². The molecule has 0 spiro atoms. The van der Waals surface area contributed by atoms with E-state index in [0.717, 1.165) is 0 Å². The number of aliphatic hydroxyl groups excluding tert-OH is 1. The Morgan fingerprint density at radius 1 is 1.19 bits per heavy atom. The zero-order valence-corrected chi connectivity index (χ0v) is 13.5. The Kier molecular flexibility index (Phi) is 6.77. The minimum atomic E-state index is -3.02. The maximum atomic E-state index is 12.8. The Morgan fingerprint density at radius 3 is 2.29 bits per heavy atom. The first kappa shape index (κ1) is 18.1. The van der Waals surface area contributed by atoms with E-state index in [4.69, 9.17) is 0 Å². The standard InChI is InChI=1S/C15H24FNO3S/c1-4-21(19,20)10-12(3)17-11(2)9-15(18)13-5-7-14(16)8-6-13/h5-8,11-12,15,17-18H,4,9-10H2,1-3H3. The Morgan fingerprint density at radius 2 is 1.76 bits per heavy atom. The van der Waals surface area contributed by atoms with Crippen molar-refractivity contribution in [1.82, 2.24) is 5.32 Å². The van der Waals surface area contributed by atoms with Crippen LogP contribution < -0.4 is 5.32 Å². The summed E-state index contributed by atoms with van der Waals surface area (Å²) in [4.78, 5) is 0. The SMILES string of the molecule is CCS(=O)(=O)CC(C)NC(C)CC(O)c1ccc(F)cc1. The van der Waals surface area contributed by atoms with Crippen LogP contribution in [0, 0.1) is 5.82 Å². The van der Waals surface area contributed by atoms with E-state index >= 15 is 0 Å². The van der Waals surface area contributed by atoms with Crippen molar-refractivity contribution in [3.05, 3.63) is 35.6 Å². The van der Waals surface area contributed by atoms with E-state index < -0.39 is 15.9 Å². The third-order valence-electron chi connectivity index (χ3n) is 3.34. The number of hydrogen-bond donors (Lipinski definition) is 2. The molecule has 0 fully saturated rings. The first-order valence-electron chi connectivity index (χ1n) is 7.13. The molecule has 0 radical (unpaired) electrons. The number of rotatable bonds is 8. The highest BCUT2D eigenvalue weighted by Crippen LogP contribution is 2.18. The lowest BCUT2D eigenvalue weighted by Crippen LogP contribution is -2.40. The van der Waals surface area contributed by atoms with E-state index in [-0.39, 0.29) is 29.4 Å². The Bertz CT molecular complexity index is 530. The van der Waals surface area contributed by atoms with Crippen LogP contribution >= 0.6 is 0 Å². The lowest BCUT2D eigenvalue weighted by molar-refractivity contribution is 0.152. The van der Waals surface area contributed by atoms with Crippen LogP contribution in [0.4, 0.5) is 4.39 Å². The van der Waals surface area contributed by atoms with Crippen molar-refractivity contribution in [2.24, 2.45) is 0 Å². The van der Waals surface area contributed by atoms with Gasteiger partial charge in [-0.2, -0.15) is 0 Å². The third-order valence-corrected chi connectivity index (χ3v) is 5.23. The molecule has 120 valence electrons. The molecule has 0 aliphatic carbocycles. The first-order chi connectivity index (χ1) is 9.73. The molecule has 3 atom stereocenters. The highest BCUT2D eigenvalue weighted by molar-refractivity contribution is 7.91. The quantitative estimate of drug-likeness (QED) is 0.770. The van der Waals surface area contributed by atoms with Gasteiger partial charge in [-0.15, -0.1) is 0 Å². The molecule has 21 heavy (non-hydrogen) atoms. The van der Waals surface area contributed by atoms with E-state index in [0.29, 0.717) is 12.0 Å². The highest BCUT2D eigenvalue weighted by Gasteiger charge is 2.18. The van der Waals surface area contributed by atoms with Crippen LogP contribution in [0.25, 0.3) is 0 Å². The molecular weight excluding hydrogens is 293 g/mol. The molecule has 0 aromatic heterocycles. The fourth-order valence-corrected chi connectivity index (χ4v) is 3.35. The number of sulfone groups is 1. The summed E-state index contributed by atoms with van der Waals surface area (Å²) in [6, 6.07) is 5.51. The van der Waals surface area contributed by atoms with Crippen molar-refractivity contribution >= 4 is 9.84 Å². The third kappa shape index (κ3) is 6.54. The average molecular weight is 317 g/mol. The molecule has 0 saturated heterocycles. The van der Waals surface area contributed by atoms with Gasteiger partial charge in [0.1, 0.15) is 5.82 Å². The average Bonchev–Trinajstić information content (AvgIpc) is 2.38. The van der Waals surface area contributed by atoms with Crippen LogP contribution in [0.1, 0.15) is 38.9 Å². The molecule has 2 N–H and O–H groups in total. The molecule has 3 unspecified atom stereocenters. The zero-order chi connectivity index (χ0) is 16.0. The predicted octanol–water partition coefficient (Wildman–Crippen LogP) is 2.05. The van der Waals surface area contributed by atoms with E-state index in [1.165, 1.54) is 12.1 Å². The van der Waals surface area contributed by atoms with Crippen LogP contribution in [-0.4, -0.2) is 37.1 Å². The predicted molar refractivity (Wildman–Crippen MR) is 82.4 cm³/mol. The molecule has 0 heterocycles. The van der Waals surface area contributed by atoms with Gasteiger partial charge in [0, 0.05) is 17.8 Å². The summed E-state index contributed by atoms with van der Waals surface area (Å²) >= 11 is 0. The number of nitrogens with one attached hydrogen (secondary N) is 1. The molecule has 6 heteroatoms. The largest absolute Gasteiger partial charge is 0.388 e. The molecule has 0 saturated carbocycles. The second kappa shape index (κ2) is 7.87. The van der Waals surface area contributed by atoms with Gasteiger partial charge in [-0.05, 0) is 38.0 Å². The van der Waals surface area contributed by atoms with Crippen LogP contribution in [0.3, 0.4) is 0 Å². The Balaban J connectivity index is 2.49. The van der Waals surface area contributed by atoms with Gasteiger partial charge >= 0.3 is 0 Å². The lowest BCUT2D eigenvalue weighted by atomic mass is 10.0. The summed E-state index contributed by atoms with van der Waals surface area (Å²) in [6.45, 7) is 5.33. The van der Waals surface area contributed by atoms with Crippen LogP contribution in [0.15, 0.2) is 24.3 Å². The smallest absolute Gasteiger partial charge is 0.151 e. The summed E-state index contributed by atoms with van der Waals surface area (Å²) in [7, 11) is -3.02. The van der Waals surface area contributed by atoms with Gasteiger partial charge in [-0.3, -0.25) is 0 Å². The first-order valence-corrected chi connectivity index (χ1v) is 8.95. The number of halogens is 1. The lowest BCUT2D eigenvalue weighted by Gasteiger charge is -2.22. The van der Waals surface area contributed by atoms with E-state index in [2.05, 4.69) is 5.32 Å². The second-order valence-electron chi connectivity index (χ2n) is 5.47. The van der Waals surface area contributed by atoms with Gasteiger partial charge in [-0.1, -0.05) is 19.1 Å². The molecule has 0 aliphatic rings. The van der Waals surface area contributed by atoms with Crippen molar-refractivity contribution in [2.45, 2.75) is 45.4 Å². The van der Waals surface area contributed by atoms with Gasteiger partial charge in [0.05, 0.1) is 11.9 Å². The normalized spacial score (nSPS) is 16.4. The van der Waals surface area contributed by atoms with Gasteiger partial charge in [0.2, 0.25) is 0 Å². The minimum absolute atomic E-state index is 0.0490. The van der Waals surface area contributed by atoms with Crippen LogP contribution in [0.2, 0.25) is 0 Å². The van der Waals surface area contributed by atoms with Crippen molar-refractivity contribution in [2.75, 3.05) is 11.5 Å². The molecule has 1 rings (SSSR count). The molecule has 1 aromatic carbocycles. The van der Waals surface area contributed by atoms with Crippen molar-refractivity contribution < 1.29 is 17.9 Å². The molecule has 1 aromatic rings. The van der Waals surface area contributed by atoms with Gasteiger partial charge in [0.25, 0.3) is 0 Å². The molecule has 4 nitrogen and oxygen atoms in total. The topological polar surface area (TPSA) is 66.4 Å². The number of benzene rings is 1. The maximum absolute atomic E-state index is 12.8. The second-order valence-corrected chi connectivity index (χ2v) is 7.87. The molecule has 0 aliphatic heterocycles. The maximum Gasteiger partial charge on any atom is 0.151 e. The fraction of sp³-hybridized carbons (Fsp3) is 0.600. The number of aliphatic hydroxyl groups is 1. The van der Waals surface area contributed by atoms with E-state index in [1.54, 1.807) is 19.1 Å². The van der Waals surface area contributed by atoms with Crippen LogP contribution in [-0.2, 0) is 9.84 Å². The van der Waals surface area contributed by atoms with Gasteiger partial charge in [0.15, 0.2) is 9.84 Å². The van der Waals surface area contributed by atoms with Crippen molar-refractivity contribution in [1.29, 1.82) is 0 Å². The monoisotopic (exact) mass is 317 g/mol. The minimum Gasteiger partial charge on any atom is -0.388 e. The number of hydrogen-bond acceptors (Lipinski definition) is 4. The summed E-state index contributed by atoms with van der Waals surface area (Å²) < 4.78 is 35.9. The Labute approximate surface area is 126 Å². The summed E-state index contributed by atoms with van der Waals surface area (Å²) in [5.41, 5.74) is 0.652. The van der Waals surface area contributed by atoms with E-state index in [1.807, 2.05) is 13.8 Å². The molecule has 0 bridgehead atoms. The van der Waals surface area contributed by atoms with E-state index in [9.17, 15) is 17.9 Å². The zero-order valence-electron chi connectivity index (χ0n) is 12.7. The van der Waals surface area contributed by atoms with Gasteiger partial charge in [-0.25, -0.2) is 12.8 Å². The molecule has 0 amide bonds. The van der Waals surface area contributed by atoms with Gasteiger partial charge < -0.3 is 10.4 Å². The summed E-state index contributed by atoms with van der Waals surface area (Å²) in [5, 5.41) is 13.3. The highest BCUT2D eigenvalue weighted by atomic mass is 32.2. The summed E-state index contributed by atoms with van der Waals surface area (Å²) in [5.74, 6) is -0.123. The van der Waals surface area contributed by atoms with Crippen molar-refractivity contribution in [3.8, 4) is 0 Å². The summed E-state index contributed by atoms with van der Waals surface area (Å²) in [6.07, 6.45) is -0.273. The Hall–Kier alpha value is -0.980. The fourth-order valence-electron chi connectivity index (χ4n) is 2.26.